The molecule has 2 aromatic rings. The Labute approximate surface area is 664 Å². The number of carbonyl (C=O) groups excluding carboxylic acids is 16. The first-order chi connectivity index (χ1) is 53.4. The number of cyclic esters (lactones) is 2. The molecule has 37 heteroatoms. The quantitative estimate of drug-likeness (QED) is 0.0121. The second-order valence-corrected chi connectivity index (χ2v) is 30.9. The van der Waals surface area contributed by atoms with Crippen LogP contribution in [0.1, 0.15) is 146 Å². The number of hydrogen-bond donors (Lipinski definition) is 8. The number of esters is 3. The number of likely N-dealkylation sites (N-methyl/N-ethyl adjacent to an activating group) is 3. The lowest BCUT2D eigenvalue weighted by atomic mass is 9.88. The standard InChI is InChI=1S/C77H114N11O25P/c1-19-55(90)39-56(65(42(4)5)113-114(105,106)109-40-52-27-29-54(30-28-52)82-69(96)53(26-23-32-79-77(78)104)38-57(91)61(41(2)3)83-59(92)31-34-108-35-33-88-60(93)36-44(8)70(88)97)74(101)112-66(43(6)7)63-73(100)87(17)64(49(13)107-18)76(103)110-48(12)62(81-50(14)89)75(102)111-58(37-51-24-21-20-22-25-51)72(99)86(16)46(10)67(94)80-45(9)71(98)85(15)47(11)68(95)84-63/h20-22,24-25,27-30,41-45,47-49,53,56,58,61-66H,10,19,23,26,31-40H2,1-9,11-18H3,(H,80,94)(H,81,89)(H,82,96)(H,83,92)(H,84,95)(H,105,106)(H3,78,79,104)/t44?,45-,47-,48+,49+,53+,56-,58+,61-,62-,63-,64-,65+,66+/m0/s1. The van der Waals surface area contributed by atoms with Gasteiger partial charge in [-0.1, -0.05) is 104 Å². The number of ketones is 2. The predicted molar refractivity (Wildman–Crippen MR) is 410 cm³/mol. The Kier molecular flexibility index (Phi) is 38.3. The third kappa shape index (κ3) is 28.9. The first kappa shape index (κ1) is 96.5. The average Bonchev–Trinajstić information content (AvgIpc) is 1.03. The van der Waals surface area contributed by atoms with Crippen molar-refractivity contribution in [2.45, 2.75) is 215 Å². The van der Waals surface area contributed by atoms with Crippen molar-refractivity contribution in [2.75, 3.05) is 59.9 Å². The van der Waals surface area contributed by atoms with Crippen LogP contribution in [0.4, 0.5) is 10.5 Å². The monoisotopic (exact) mass is 1620 g/mol. The van der Waals surface area contributed by atoms with Gasteiger partial charge >= 0.3 is 31.8 Å². The molecule has 2 saturated heterocycles. The maximum atomic E-state index is 15.6. The molecule has 2 aromatic carbocycles. The number of ether oxygens (including phenoxy) is 5. The van der Waals surface area contributed by atoms with E-state index in [1.54, 1.807) is 51.1 Å². The molecule has 12 amide bonds. The normalized spacial score (nSPS) is 22.2. The summed E-state index contributed by atoms with van der Waals surface area (Å²) in [6, 6.07) is 3.41. The molecular formula is C77H114N11O25P. The van der Waals surface area contributed by atoms with Crippen molar-refractivity contribution in [3.63, 3.8) is 0 Å². The molecule has 36 nitrogen and oxygen atoms in total. The molecule has 0 spiro atoms. The van der Waals surface area contributed by atoms with E-state index in [0.717, 1.165) is 40.6 Å². The first-order valence-corrected chi connectivity index (χ1v) is 39.3. The van der Waals surface area contributed by atoms with Crippen LogP contribution >= 0.6 is 7.82 Å². The topological polar surface area (TPSA) is 486 Å². The van der Waals surface area contributed by atoms with Crippen LogP contribution in [-0.2, 0) is 122 Å². The lowest BCUT2D eigenvalue weighted by molar-refractivity contribution is -0.175. The molecule has 4 rings (SSSR count). The van der Waals surface area contributed by atoms with Crippen molar-refractivity contribution in [3.8, 4) is 0 Å². The number of methoxy groups -OCH3 is 1. The number of nitrogens with one attached hydrogen (secondary N) is 6. The summed E-state index contributed by atoms with van der Waals surface area (Å²) in [6.07, 6.45) is -9.43. The highest BCUT2D eigenvalue weighted by molar-refractivity contribution is 7.47. The van der Waals surface area contributed by atoms with Crippen LogP contribution < -0.4 is 37.6 Å². The third-order valence-corrected chi connectivity index (χ3v) is 20.4. The van der Waals surface area contributed by atoms with E-state index in [0.29, 0.717) is 5.56 Å². The number of benzene rings is 2. The van der Waals surface area contributed by atoms with E-state index >= 15 is 9.59 Å². The van der Waals surface area contributed by atoms with Gasteiger partial charge < -0.3 is 80.9 Å². The number of hydrogen-bond acceptors (Lipinski definition) is 24. The van der Waals surface area contributed by atoms with Gasteiger partial charge in [-0.15, -0.1) is 0 Å². The number of likely N-dealkylation sites (tertiary alicyclic amines) is 1. The van der Waals surface area contributed by atoms with Gasteiger partial charge in [0.25, 0.3) is 11.8 Å². The van der Waals surface area contributed by atoms with Crippen LogP contribution in [0.5, 0.6) is 0 Å². The molecule has 632 valence electrons. The highest BCUT2D eigenvalue weighted by Crippen LogP contribution is 2.48. The summed E-state index contributed by atoms with van der Waals surface area (Å²) in [5.74, 6) is -18.2. The summed E-state index contributed by atoms with van der Waals surface area (Å²) < 4.78 is 54.5. The molecule has 0 radical (unpaired) electrons. The zero-order chi connectivity index (χ0) is 85.9. The summed E-state index contributed by atoms with van der Waals surface area (Å²) in [7, 11) is -0.637. The molecule has 0 aromatic heterocycles. The zero-order valence-electron chi connectivity index (χ0n) is 68.0. The number of anilines is 1. The van der Waals surface area contributed by atoms with Crippen LogP contribution in [0.25, 0.3) is 0 Å². The molecule has 2 aliphatic heterocycles. The van der Waals surface area contributed by atoms with Crippen LogP contribution in [0, 0.1) is 35.5 Å². The summed E-state index contributed by atoms with van der Waals surface area (Å²) in [4.78, 5) is 235. The van der Waals surface area contributed by atoms with Crippen LogP contribution in [0.2, 0.25) is 0 Å². The number of primary amides is 1. The van der Waals surface area contributed by atoms with Crippen LogP contribution in [-0.4, -0.2) is 240 Å². The number of urea groups is 1. The van der Waals surface area contributed by atoms with Crippen molar-refractivity contribution in [1.82, 2.24) is 46.2 Å². The Morgan fingerprint density at radius 2 is 1.41 bits per heavy atom. The van der Waals surface area contributed by atoms with Gasteiger partial charge in [0, 0.05) is 97.8 Å². The SMILES string of the molecule is C=C1C(=O)N[C@@H](C)C(=O)N(C)[C@@H](C)C(=O)N[C@@H]([C@H](OC(=O)[C@@H](CC(=O)CC)[C@H](OP(=O)(O)OCc2ccc(NC(=O)[C@H](CCCNC(N)=O)CC(=O)[C@@H](NC(=O)CCOCCN3C(=O)CC(C)C3=O)C(C)C)cc2)C(C)C)C(C)C)C(=O)N(C)[C@@H]([C@@H](C)OC)C(=O)O[C@H](C)[C@H](NC(C)=O)C(=O)O[C@H](Cc2ccccc2)C(=O)N1C. The number of phosphoric ester groups is 1. The molecule has 114 heavy (non-hydrogen) atoms. The summed E-state index contributed by atoms with van der Waals surface area (Å²) in [5.41, 5.74) is 5.66. The molecular weight excluding hydrogens is 1510 g/mol. The van der Waals surface area contributed by atoms with E-state index in [9.17, 15) is 76.6 Å². The fourth-order valence-electron chi connectivity index (χ4n) is 12.4. The molecule has 2 fully saturated rings. The van der Waals surface area contributed by atoms with Gasteiger partial charge in [0.1, 0.15) is 41.8 Å². The Morgan fingerprint density at radius 3 is 1.97 bits per heavy atom. The molecule has 15 atom stereocenters. The van der Waals surface area contributed by atoms with Crippen LogP contribution in [0.15, 0.2) is 66.9 Å². The van der Waals surface area contributed by atoms with Crippen molar-refractivity contribution in [2.24, 2.45) is 41.2 Å². The maximum Gasteiger partial charge on any atom is 0.472 e. The number of Topliss-reactive ketones (excluding diaryl/α,β-unsaturated/α-hetero) is 2. The summed E-state index contributed by atoms with van der Waals surface area (Å²) in [5, 5.41) is 15.3. The minimum atomic E-state index is -5.30. The molecule has 2 aliphatic rings. The van der Waals surface area contributed by atoms with E-state index in [2.05, 4.69) is 38.5 Å². The van der Waals surface area contributed by atoms with E-state index in [-0.39, 0.29) is 94.3 Å². The number of nitrogens with zero attached hydrogens (tertiary/aromatic N) is 4. The smallest absolute Gasteiger partial charge is 0.459 e. The highest BCUT2D eigenvalue weighted by atomic mass is 31.2. The lowest BCUT2D eigenvalue weighted by Gasteiger charge is -2.38. The molecule has 9 N–H and O–H groups in total. The van der Waals surface area contributed by atoms with Crippen LogP contribution in [0.3, 0.4) is 0 Å². The fourth-order valence-corrected chi connectivity index (χ4v) is 13.5. The number of nitrogens with two attached hydrogens (primary N) is 1. The van der Waals surface area contributed by atoms with Gasteiger partial charge in [-0.05, 0) is 81.5 Å². The Balaban J connectivity index is 1.66. The van der Waals surface area contributed by atoms with E-state index in [1.165, 1.54) is 101 Å². The van der Waals surface area contributed by atoms with Crippen molar-refractivity contribution in [1.29, 1.82) is 0 Å². The molecule has 0 bridgehead atoms. The minimum Gasteiger partial charge on any atom is -0.459 e. The lowest BCUT2D eigenvalue weighted by Crippen LogP contribution is -2.63. The third-order valence-electron chi connectivity index (χ3n) is 19.5. The van der Waals surface area contributed by atoms with Gasteiger partial charge in [-0.2, -0.15) is 0 Å². The second-order valence-electron chi connectivity index (χ2n) is 29.5. The number of rotatable bonds is 36. The Bertz CT molecular complexity index is 3820. The average molecular weight is 1620 g/mol. The van der Waals surface area contributed by atoms with Gasteiger partial charge in [0.15, 0.2) is 24.0 Å². The number of carbonyl (C=O) groups is 16. The molecule has 2 heterocycles. The Morgan fingerprint density at radius 1 is 0.772 bits per heavy atom. The van der Waals surface area contributed by atoms with E-state index in [1.807, 2.05) is 0 Å². The largest absolute Gasteiger partial charge is 0.472 e. The predicted octanol–water partition coefficient (Wildman–Crippen LogP) is 3.08. The van der Waals surface area contributed by atoms with Gasteiger partial charge in [-0.3, -0.25) is 76.3 Å². The number of phosphoric acid groups is 1. The molecule has 0 saturated carbocycles. The minimum absolute atomic E-state index is 0.000640. The highest BCUT2D eigenvalue weighted by Gasteiger charge is 2.48. The van der Waals surface area contributed by atoms with Crippen molar-refractivity contribution >= 4 is 108 Å². The number of amides is 12. The first-order valence-electron chi connectivity index (χ1n) is 37.8. The van der Waals surface area contributed by atoms with Crippen molar-refractivity contribution in [3.05, 3.63) is 78.0 Å². The van der Waals surface area contributed by atoms with Gasteiger partial charge in [-0.25, -0.2) is 18.9 Å². The maximum absolute atomic E-state index is 15.6. The summed E-state index contributed by atoms with van der Waals surface area (Å²) in [6.45, 7) is 21.8. The van der Waals surface area contributed by atoms with Gasteiger partial charge in [0.2, 0.25) is 47.3 Å². The summed E-state index contributed by atoms with van der Waals surface area (Å²) >= 11 is 0. The van der Waals surface area contributed by atoms with E-state index < -0.39 is 212 Å². The second kappa shape index (κ2) is 45.3. The molecule has 0 aliphatic carbocycles. The van der Waals surface area contributed by atoms with Crippen molar-refractivity contribution < 1.29 is 119 Å². The molecule has 2 unspecified atom stereocenters. The van der Waals surface area contributed by atoms with Gasteiger partial charge in [0.05, 0.1) is 50.5 Å². The zero-order valence-corrected chi connectivity index (χ0v) is 68.9. The fraction of sp³-hybridized carbons (Fsp3) is 0.610. The van der Waals surface area contributed by atoms with E-state index in [4.69, 9.17) is 38.5 Å². The number of imide groups is 1. The Hall–Kier alpha value is -9.87.